The molecule has 0 radical (unpaired) electrons. The quantitative estimate of drug-likeness (QED) is 0.831. The number of halogens is 1. The highest BCUT2D eigenvalue weighted by Gasteiger charge is 2.28. The molecule has 4 nitrogen and oxygen atoms in total. The van der Waals surface area contributed by atoms with Crippen molar-refractivity contribution >= 4 is 0 Å². The summed E-state index contributed by atoms with van der Waals surface area (Å²) in [4.78, 5) is 6.52. The van der Waals surface area contributed by atoms with Gasteiger partial charge >= 0.3 is 0 Å². The Labute approximate surface area is 120 Å². The van der Waals surface area contributed by atoms with Gasteiger partial charge in [-0.05, 0) is 44.5 Å². The number of likely N-dealkylation sites (tertiary alicyclic amines) is 1. The molecule has 2 rings (SSSR count). The lowest BCUT2D eigenvalue weighted by Crippen LogP contribution is -2.39. The van der Waals surface area contributed by atoms with Crippen LogP contribution in [-0.4, -0.2) is 47.8 Å². The highest BCUT2D eigenvalue weighted by atomic mass is 19.1. The van der Waals surface area contributed by atoms with E-state index in [1.165, 1.54) is 12.3 Å². The maximum atomic E-state index is 13.0. The smallest absolute Gasteiger partial charge is 0.141 e. The largest absolute Gasteiger partial charge is 0.395 e. The number of rotatable bonds is 6. The first-order valence-corrected chi connectivity index (χ1v) is 7.29. The number of nitrogens with zero attached hydrogens (tertiary/aromatic N) is 2. The normalized spacial score (nSPS) is 22.9. The zero-order valence-corrected chi connectivity index (χ0v) is 12.2. The molecule has 1 fully saturated rings. The molecule has 1 aliphatic heterocycles. The van der Waals surface area contributed by atoms with Crippen molar-refractivity contribution in [2.24, 2.45) is 5.92 Å². The van der Waals surface area contributed by atoms with Gasteiger partial charge in [-0.1, -0.05) is 6.92 Å². The zero-order valence-electron chi connectivity index (χ0n) is 12.2. The molecule has 0 amide bonds. The molecule has 1 aromatic rings. The van der Waals surface area contributed by atoms with Crippen molar-refractivity contribution in [1.82, 2.24) is 15.2 Å². The number of aromatic nitrogens is 1. The minimum Gasteiger partial charge on any atom is -0.395 e. The predicted molar refractivity (Wildman–Crippen MR) is 76.8 cm³/mol. The zero-order chi connectivity index (χ0) is 14.5. The van der Waals surface area contributed by atoms with Crippen LogP contribution in [0.4, 0.5) is 4.39 Å². The Hall–Kier alpha value is -1.04. The summed E-state index contributed by atoms with van der Waals surface area (Å²) in [5.74, 6) is 0.0289. The summed E-state index contributed by atoms with van der Waals surface area (Å²) in [5.41, 5.74) is 0.862. The summed E-state index contributed by atoms with van der Waals surface area (Å²) in [7, 11) is 1.90. The molecule has 0 aliphatic carbocycles. The van der Waals surface area contributed by atoms with Crippen molar-refractivity contribution in [3.8, 4) is 0 Å². The summed E-state index contributed by atoms with van der Waals surface area (Å²) < 4.78 is 13.0. The Morgan fingerprint density at radius 1 is 1.55 bits per heavy atom. The van der Waals surface area contributed by atoms with Gasteiger partial charge in [0.1, 0.15) is 5.82 Å². The third-order valence-corrected chi connectivity index (χ3v) is 4.18. The van der Waals surface area contributed by atoms with E-state index < -0.39 is 0 Å². The summed E-state index contributed by atoms with van der Waals surface area (Å²) in [6.45, 7) is 4.35. The first-order valence-electron chi connectivity index (χ1n) is 7.29. The number of aliphatic hydroxyl groups is 1. The molecule has 5 heteroatoms. The Morgan fingerprint density at radius 3 is 2.95 bits per heavy atom. The highest BCUT2D eigenvalue weighted by Crippen LogP contribution is 2.25. The molecule has 1 aromatic heterocycles. The van der Waals surface area contributed by atoms with Crippen molar-refractivity contribution in [1.29, 1.82) is 0 Å². The Kier molecular flexibility index (Phi) is 5.46. The molecule has 20 heavy (non-hydrogen) atoms. The van der Waals surface area contributed by atoms with Crippen LogP contribution in [0.3, 0.4) is 0 Å². The fraction of sp³-hybridized carbons (Fsp3) is 0.667. The second-order valence-corrected chi connectivity index (χ2v) is 5.62. The van der Waals surface area contributed by atoms with Crippen LogP contribution in [0, 0.1) is 11.7 Å². The van der Waals surface area contributed by atoms with E-state index in [1.54, 1.807) is 6.07 Å². The summed E-state index contributed by atoms with van der Waals surface area (Å²) in [5, 5.41) is 12.7. The fourth-order valence-corrected chi connectivity index (χ4v) is 3.11. The van der Waals surface area contributed by atoms with E-state index in [0.717, 1.165) is 31.6 Å². The molecule has 0 aromatic carbocycles. The monoisotopic (exact) mass is 281 g/mol. The highest BCUT2D eigenvalue weighted by molar-refractivity contribution is 5.11. The molecule has 2 N–H and O–H groups in total. The SMILES string of the molecule is CNC(c1ccc(F)cn1)C(C)CN1CCCC1CO. The molecular weight excluding hydrogens is 257 g/mol. The molecule has 3 atom stereocenters. The number of nitrogens with one attached hydrogen (secondary N) is 1. The molecule has 0 spiro atoms. The molecule has 0 bridgehead atoms. The minimum atomic E-state index is -0.309. The summed E-state index contributed by atoms with van der Waals surface area (Å²) in [6, 6.07) is 3.57. The number of hydrogen-bond donors (Lipinski definition) is 2. The van der Waals surface area contributed by atoms with Gasteiger partial charge in [0.2, 0.25) is 0 Å². The number of pyridine rings is 1. The van der Waals surface area contributed by atoms with Crippen LogP contribution >= 0.6 is 0 Å². The maximum Gasteiger partial charge on any atom is 0.141 e. The maximum absolute atomic E-state index is 13.0. The standard InChI is InChI=1S/C15H24FN3O/c1-11(9-19-7-3-4-13(19)10-20)15(17-2)14-6-5-12(16)8-18-14/h5-6,8,11,13,15,17,20H,3-4,7,9-10H2,1-2H3. The van der Waals surface area contributed by atoms with Crippen LogP contribution in [0.25, 0.3) is 0 Å². The van der Waals surface area contributed by atoms with Gasteiger partial charge in [0, 0.05) is 12.6 Å². The molecule has 1 saturated heterocycles. The third kappa shape index (κ3) is 3.53. The van der Waals surface area contributed by atoms with Gasteiger partial charge in [0.05, 0.1) is 24.5 Å². The summed E-state index contributed by atoms with van der Waals surface area (Å²) >= 11 is 0. The lowest BCUT2D eigenvalue weighted by molar-refractivity contribution is 0.136. The first-order chi connectivity index (χ1) is 9.65. The van der Waals surface area contributed by atoms with E-state index in [2.05, 4.69) is 22.1 Å². The Balaban J connectivity index is 2.01. The van der Waals surface area contributed by atoms with Gasteiger partial charge in [0.25, 0.3) is 0 Å². The molecule has 0 saturated carbocycles. The van der Waals surface area contributed by atoms with Gasteiger partial charge < -0.3 is 10.4 Å². The first kappa shape index (κ1) is 15.4. The van der Waals surface area contributed by atoms with Crippen molar-refractivity contribution < 1.29 is 9.50 Å². The van der Waals surface area contributed by atoms with E-state index in [-0.39, 0.29) is 24.5 Å². The predicted octanol–water partition coefficient (Wildman–Crippen LogP) is 1.57. The van der Waals surface area contributed by atoms with E-state index in [0.29, 0.717) is 5.92 Å². The van der Waals surface area contributed by atoms with Gasteiger partial charge in [-0.25, -0.2) is 4.39 Å². The van der Waals surface area contributed by atoms with Crippen molar-refractivity contribution in [3.63, 3.8) is 0 Å². The molecule has 3 unspecified atom stereocenters. The van der Waals surface area contributed by atoms with Crippen LogP contribution < -0.4 is 5.32 Å². The van der Waals surface area contributed by atoms with Crippen LogP contribution in [0.1, 0.15) is 31.5 Å². The van der Waals surface area contributed by atoms with E-state index in [4.69, 9.17) is 0 Å². The van der Waals surface area contributed by atoms with Gasteiger partial charge in [0.15, 0.2) is 0 Å². The average Bonchev–Trinajstić information content (AvgIpc) is 2.89. The molecule has 112 valence electrons. The van der Waals surface area contributed by atoms with E-state index in [9.17, 15) is 9.50 Å². The fourth-order valence-electron chi connectivity index (χ4n) is 3.11. The second kappa shape index (κ2) is 7.11. The lowest BCUT2D eigenvalue weighted by atomic mass is 9.97. The minimum absolute atomic E-state index is 0.0931. The lowest BCUT2D eigenvalue weighted by Gasteiger charge is -2.30. The average molecular weight is 281 g/mol. The number of aliphatic hydroxyl groups excluding tert-OH is 1. The molecule has 2 heterocycles. The molecule has 1 aliphatic rings. The van der Waals surface area contributed by atoms with Gasteiger partial charge in [-0.15, -0.1) is 0 Å². The Morgan fingerprint density at radius 2 is 2.35 bits per heavy atom. The van der Waals surface area contributed by atoms with Crippen LogP contribution in [0.2, 0.25) is 0 Å². The van der Waals surface area contributed by atoms with Crippen molar-refractivity contribution in [2.75, 3.05) is 26.7 Å². The van der Waals surface area contributed by atoms with Crippen LogP contribution in [0.5, 0.6) is 0 Å². The second-order valence-electron chi connectivity index (χ2n) is 5.62. The third-order valence-electron chi connectivity index (χ3n) is 4.18. The van der Waals surface area contributed by atoms with Crippen molar-refractivity contribution in [2.45, 2.75) is 31.8 Å². The van der Waals surface area contributed by atoms with Gasteiger partial charge in [-0.3, -0.25) is 9.88 Å². The van der Waals surface area contributed by atoms with Crippen LogP contribution in [0.15, 0.2) is 18.3 Å². The van der Waals surface area contributed by atoms with Crippen LogP contribution in [-0.2, 0) is 0 Å². The van der Waals surface area contributed by atoms with E-state index in [1.807, 2.05) is 7.05 Å². The van der Waals surface area contributed by atoms with Gasteiger partial charge in [-0.2, -0.15) is 0 Å². The number of hydrogen-bond acceptors (Lipinski definition) is 4. The van der Waals surface area contributed by atoms with Crippen molar-refractivity contribution in [3.05, 3.63) is 29.8 Å². The topological polar surface area (TPSA) is 48.4 Å². The molecular formula is C15H24FN3O. The van der Waals surface area contributed by atoms with E-state index >= 15 is 0 Å². The summed E-state index contributed by atoms with van der Waals surface area (Å²) in [6.07, 6.45) is 3.48. The Bertz CT molecular complexity index is 412.